The lowest BCUT2D eigenvalue weighted by molar-refractivity contribution is -0.122. The van der Waals surface area contributed by atoms with E-state index in [1.165, 1.54) is 42.5 Å². The predicted molar refractivity (Wildman–Crippen MR) is 149 cm³/mol. The number of ether oxygens (including phenoxy) is 2. The molecule has 0 aromatic heterocycles. The van der Waals surface area contributed by atoms with Crippen LogP contribution < -0.4 is 25.0 Å². The van der Waals surface area contributed by atoms with Gasteiger partial charge in [0.2, 0.25) is 0 Å². The van der Waals surface area contributed by atoms with E-state index in [4.69, 9.17) is 44.3 Å². The Hall–Kier alpha value is -4.05. The van der Waals surface area contributed by atoms with Crippen molar-refractivity contribution in [3.63, 3.8) is 0 Å². The molecule has 0 bridgehead atoms. The van der Waals surface area contributed by atoms with E-state index in [2.05, 4.69) is 10.6 Å². The van der Waals surface area contributed by atoms with E-state index >= 15 is 0 Å². The van der Waals surface area contributed by atoms with E-state index < -0.39 is 30.4 Å². The van der Waals surface area contributed by atoms with Gasteiger partial charge in [0.15, 0.2) is 18.1 Å². The average Bonchev–Trinajstić information content (AvgIpc) is 2.88. The molecule has 3 aromatic carbocycles. The molecule has 39 heavy (non-hydrogen) atoms. The molecule has 0 spiro atoms. The molecule has 0 radical (unpaired) electrons. The summed E-state index contributed by atoms with van der Waals surface area (Å²) < 4.78 is 11.3. The second-order valence-corrected chi connectivity index (χ2v) is 9.26. The van der Waals surface area contributed by atoms with Gasteiger partial charge in [0.1, 0.15) is 5.57 Å². The van der Waals surface area contributed by atoms with Crippen LogP contribution in [0.3, 0.4) is 0 Å². The molecule has 200 valence electrons. The second-order valence-electron chi connectivity index (χ2n) is 8.01. The van der Waals surface area contributed by atoms with Gasteiger partial charge in [-0.2, -0.15) is 0 Å². The van der Waals surface area contributed by atoms with Crippen LogP contribution in [-0.4, -0.2) is 37.0 Å². The first-order valence-electron chi connectivity index (χ1n) is 11.5. The maximum Gasteiger partial charge on any atom is 0.335 e. The summed E-state index contributed by atoms with van der Waals surface area (Å²) in [7, 11) is 0. The summed E-state index contributed by atoms with van der Waals surface area (Å²) in [4.78, 5) is 51.3. The maximum absolute atomic E-state index is 13.2. The SMILES string of the molecule is CCOc1cc(/C=C2/C(=O)NC(=O)N(c3ccc(Cl)cc3)C2=O)cc(Cl)c1OCC(=O)Nc1ccccc1Cl. The summed E-state index contributed by atoms with van der Waals surface area (Å²) in [5.74, 6) is -1.93. The second kappa shape index (κ2) is 12.2. The molecular formula is C27H20Cl3N3O6. The molecule has 1 fully saturated rings. The Morgan fingerprint density at radius 3 is 2.38 bits per heavy atom. The van der Waals surface area contributed by atoms with Crippen molar-refractivity contribution in [3.8, 4) is 11.5 Å². The van der Waals surface area contributed by atoms with E-state index in [0.717, 1.165) is 4.90 Å². The lowest BCUT2D eigenvalue weighted by Gasteiger charge is -2.26. The normalized spacial score (nSPS) is 14.3. The van der Waals surface area contributed by atoms with Gasteiger partial charge >= 0.3 is 6.03 Å². The van der Waals surface area contributed by atoms with E-state index in [9.17, 15) is 19.2 Å². The largest absolute Gasteiger partial charge is 0.490 e. The quantitative estimate of drug-likeness (QED) is 0.257. The number of urea groups is 1. The minimum atomic E-state index is -0.892. The van der Waals surface area contributed by atoms with Gasteiger partial charge in [0, 0.05) is 5.02 Å². The number of carbonyl (C=O) groups excluding carboxylic acids is 4. The maximum atomic E-state index is 13.2. The Morgan fingerprint density at radius 1 is 0.974 bits per heavy atom. The minimum absolute atomic E-state index is 0.0626. The van der Waals surface area contributed by atoms with Crippen molar-refractivity contribution in [2.45, 2.75) is 6.92 Å². The van der Waals surface area contributed by atoms with Gasteiger partial charge < -0.3 is 14.8 Å². The van der Waals surface area contributed by atoms with Crippen molar-refractivity contribution in [2.75, 3.05) is 23.4 Å². The Morgan fingerprint density at radius 2 is 1.69 bits per heavy atom. The number of imide groups is 2. The fraction of sp³-hybridized carbons (Fsp3) is 0.111. The highest BCUT2D eigenvalue weighted by atomic mass is 35.5. The van der Waals surface area contributed by atoms with Crippen LogP contribution in [0.15, 0.2) is 66.2 Å². The minimum Gasteiger partial charge on any atom is -0.490 e. The van der Waals surface area contributed by atoms with E-state index in [-0.39, 0.29) is 34.4 Å². The summed E-state index contributed by atoms with van der Waals surface area (Å²) in [5, 5.41) is 5.64. The molecule has 2 N–H and O–H groups in total. The monoisotopic (exact) mass is 587 g/mol. The van der Waals surface area contributed by atoms with Crippen molar-refractivity contribution in [1.82, 2.24) is 5.32 Å². The van der Waals surface area contributed by atoms with E-state index in [1.807, 2.05) is 0 Å². The van der Waals surface area contributed by atoms with Crippen LogP contribution in [0, 0.1) is 0 Å². The van der Waals surface area contributed by atoms with Crippen LogP contribution in [0.1, 0.15) is 12.5 Å². The first-order chi connectivity index (χ1) is 18.7. The van der Waals surface area contributed by atoms with Gasteiger partial charge in [0.05, 0.1) is 28.0 Å². The number of hydrogen-bond donors (Lipinski definition) is 2. The number of nitrogens with zero attached hydrogens (tertiary/aromatic N) is 1. The molecule has 9 nitrogen and oxygen atoms in total. The van der Waals surface area contributed by atoms with Crippen LogP contribution in [-0.2, 0) is 14.4 Å². The zero-order valence-corrected chi connectivity index (χ0v) is 22.6. The third-order valence-electron chi connectivity index (χ3n) is 5.32. The highest BCUT2D eigenvalue weighted by Gasteiger charge is 2.36. The first-order valence-corrected chi connectivity index (χ1v) is 12.6. The number of anilines is 2. The number of carbonyl (C=O) groups is 4. The van der Waals surface area contributed by atoms with Crippen molar-refractivity contribution in [1.29, 1.82) is 0 Å². The Balaban J connectivity index is 1.58. The lowest BCUT2D eigenvalue weighted by atomic mass is 10.1. The Bertz CT molecular complexity index is 1490. The third kappa shape index (κ3) is 6.51. The van der Waals surface area contributed by atoms with Crippen molar-refractivity contribution >= 4 is 76.0 Å². The van der Waals surface area contributed by atoms with Gasteiger partial charge in [0.25, 0.3) is 17.7 Å². The fourth-order valence-electron chi connectivity index (χ4n) is 3.61. The molecular weight excluding hydrogens is 569 g/mol. The zero-order valence-electron chi connectivity index (χ0n) is 20.3. The topological polar surface area (TPSA) is 114 Å². The molecule has 0 atom stereocenters. The summed E-state index contributed by atoms with van der Waals surface area (Å²) in [5.41, 5.74) is 0.663. The molecule has 0 saturated carbocycles. The first kappa shape index (κ1) is 28.0. The number of halogens is 3. The number of nitrogens with one attached hydrogen (secondary N) is 2. The van der Waals surface area contributed by atoms with E-state index in [1.54, 1.807) is 31.2 Å². The molecule has 3 aromatic rings. The van der Waals surface area contributed by atoms with E-state index in [0.29, 0.717) is 21.3 Å². The molecule has 1 aliphatic heterocycles. The number of amides is 5. The van der Waals surface area contributed by atoms with Crippen LogP contribution in [0.4, 0.5) is 16.2 Å². The van der Waals surface area contributed by atoms with Crippen molar-refractivity contribution in [2.24, 2.45) is 0 Å². The standard InChI is InChI=1S/C27H20Cl3N3O6/c1-2-38-22-13-15(12-20(30)24(22)39-14-23(34)31-21-6-4-3-5-19(21)29)11-18-25(35)32-27(37)33(26(18)36)17-9-7-16(28)8-10-17/h3-13H,2,14H2,1H3,(H,31,34)(H,32,35,37)/b18-11-. The third-order valence-corrected chi connectivity index (χ3v) is 6.19. The number of para-hydroxylation sites is 1. The van der Waals surface area contributed by atoms with Gasteiger partial charge in [-0.05, 0) is 67.1 Å². The van der Waals surface area contributed by atoms with Crippen molar-refractivity contribution < 1.29 is 28.7 Å². The number of benzene rings is 3. The Kier molecular flexibility index (Phi) is 8.75. The fourth-order valence-corrected chi connectivity index (χ4v) is 4.19. The summed E-state index contributed by atoms with van der Waals surface area (Å²) in [6, 6.07) is 14.8. The molecule has 1 saturated heterocycles. The number of barbiturate groups is 1. The zero-order chi connectivity index (χ0) is 28.1. The summed E-state index contributed by atoms with van der Waals surface area (Å²) in [6.07, 6.45) is 1.27. The summed E-state index contributed by atoms with van der Waals surface area (Å²) >= 11 is 18.4. The molecule has 0 aliphatic carbocycles. The summed E-state index contributed by atoms with van der Waals surface area (Å²) in [6.45, 7) is 1.57. The molecule has 5 amide bonds. The molecule has 1 heterocycles. The molecule has 12 heteroatoms. The molecule has 4 rings (SSSR count). The molecule has 1 aliphatic rings. The van der Waals surface area contributed by atoms with Crippen LogP contribution in [0.25, 0.3) is 6.08 Å². The van der Waals surface area contributed by atoms with Gasteiger partial charge in [-0.25, -0.2) is 9.69 Å². The smallest absolute Gasteiger partial charge is 0.335 e. The van der Waals surface area contributed by atoms with Crippen LogP contribution in [0.2, 0.25) is 15.1 Å². The highest BCUT2D eigenvalue weighted by molar-refractivity contribution is 6.39. The number of rotatable bonds is 8. The van der Waals surface area contributed by atoms with Gasteiger partial charge in [-0.3, -0.25) is 19.7 Å². The van der Waals surface area contributed by atoms with Crippen LogP contribution in [0.5, 0.6) is 11.5 Å². The molecule has 0 unspecified atom stereocenters. The predicted octanol–water partition coefficient (Wildman–Crippen LogP) is 5.73. The van der Waals surface area contributed by atoms with Crippen molar-refractivity contribution in [3.05, 3.63) is 86.9 Å². The average molecular weight is 589 g/mol. The lowest BCUT2D eigenvalue weighted by Crippen LogP contribution is -2.54. The number of hydrogen-bond acceptors (Lipinski definition) is 6. The highest BCUT2D eigenvalue weighted by Crippen LogP contribution is 2.38. The Labute approximate surface area is 238 Å². The van der Waals surface area contributed by atoms with Gasteiger partial charge in [-0.15, -0.1) is 0 Å². The van der Waals surface area contributed by atoms with Crippen LogP contribution >= 0.6 is 34.8 Å². The van der Waals surface area contributed by atoms with Gasteiger partial charge in [-0.1, -0.05) is 46.9 Å².